The lowest BCUT2D eigenvalue weighted by Gasteiger charge is -2.27. The molecule has 2 aromatic heterocycles. The van der Waals surface area contributed by atoms with E-state index in [0.29, 0.717) is 23.0 Å². The number of primary amides is 1. The van der Waals surface area contributed by atoms with Crippen molar-refractivity contribution in [1.82, 2.24) is 19.7 Å². The first-order valence-electron chi connectivity index (χ1n) is 8.25. The van der Waals surface area contributed by atoms with Crippen LogP contribution in [0.15, 0.2) is 60.1 Å². The van der Waals surface area contributed by atoms with Crippen molar-refractivity contribution in [2.45, 2.75) is 19.9 Å². The van der Waals surface area contributed by atoms with Gasteiger partial charge in [-0.15, -0.1) is 5.10 Å². The SMILES string of the molecule is CC1=C(C(N)=O)C(c2cccc(C)c2)n2nc(-c3cccnc3)nc2N1. The molecule has 0 fully saturated rings. The molecule has 1 aliphatic heterocycles. The molecule has 7 nitrogen and oxygen atoms in total. The van der Waals surface area contributed by atoms with Gasteiger partial charge in [-0.1, -0.05) is 29.8 Å². The van der Waals surface area contributed by atoms with Crippen LogP contribution < -0.4 is 11.1 Å². The van der Waals surface area contributed by atoms with E-state index in [1.165, 1.54) is 0 Å². The average Bonchev–Trinajstić information content (AvgIpc) is 3.04. The van der Waals surface area contributed by atoms with Crippen molar-refractivity contribution in [3.63, 3.8) is 0 Å². The average molecular weight is 346 g/mol. The van der Waals surface area contributed by atoms with Crippen LogP contribution in [0.3, 0.4) is 0 Å². The van der Waals surface area contributed by atoms with E-state index < -0.39 is 11.9 Å². The number of hydrogen-bond acceptors (Lipinski definition) is 5. The van der Waals surface area contributed by atoms with E-state index in [-0.39, 0.29) is 0 Å². The number of aromatic nitrogens is 4. The summed E-state index contributed by atoms with van der Waals surface area (Å²) < 4.78 is 1.71. The van der Waals surface area contributed by atoms with Crippen LogP contribution in [0, 0.1) is 6.92 Å². The molecular formula is C19H18N6O. The second-order valence-electron chi connectivity index (χ2n) is 6.29. The van der Waals surface area contributed by atoms with Gasteiger partial charge in [0.15, 0.2) is 5.82 Å². The van der Waals surface area contributed by atoms with Gasteiger partial charge in [-0.3, -0.25) is 9.78 Å². The molecule has 1 atom stereocenters. The number of anilines is 1. The zero-order chi connectivity index (χ0) is 18.3. The molecule has 0 saturated carbocycles. The van der Waals surface area contributed by atoms with E-state index in [1.54, 1.807) is 17.1 Å². The highest BCUT2D eigenvalue weighted by atomic mass is 16.1. The van der Waals surface area contributed by atoms with Crippen LogP contribution in [0.25, 0.3) is 11.4 Å². The van der Waals surface area contributed by atoms with Crippen molar-refractivity contribution >= 4 is 11.9 Å². The number of pyridine rings is 1. The number of amides is 1. The van der Waals surface area contributed by atoms with Gasteiger partial charge in [-0.05, 0) is 31.5 Å². The molecule has 0 spiro atoms. The number of rotatable bonds is 3. The highest BCUT2D eigenvalue weighted by Gasteiger charge is 2.33. The number of nitrogens with two attached hydrogens (primary N) is 1. The van der Waals surface area contributed by atoms with Crippen molar-refractivity contribution in [2.75, 3.05) is 5.32 Å². The van der Waals surface area contributed by atoms with Crippen LogP contribution in [0.1, 0.15) is 24.1 Å². The molecule has 0 bridgehead atoms. The number of hydrogen-bond donors (Lipinski definition) is 2. The smallest absolute Gasteiger partial charge is 0.248 e. The van der Waals surface area contributed by atoms with Gasteiger partial charge in [0.05, 0.1) is 5.57 Å². The maximum atomic E-state index is 12.2. The summed E-state index contributed by atoms with van der Waals surface area (Å²) in [6, 6.07) is 11.3. The molecule has 0 saturated heterocycles. The number of fused-ring (bicyclic) bond motifs is 1. The maximum absolute atomic E-state index is 12.2. The van der Waals surface area contributed by atoms with Crippen molar-refractivity contribution < 1.29 is 4.79 Å². The Balaban J connectivity index is 1.90. The number of carbonyl (C=O) groups is 1. The highest BCUT2D eigenvalue weighted by molar-refractivity contribution is 5.95. The molecule has 1 aliphatic rings. The number of nitrogens with one attached hydrogen (secondary N) is 1. The Morgan fingerprint density at radius 1 is 1.23 bits per heavy atom. The number of benzene rings is 1. The Morgan fingerprint density at radius 2 is 2.08 bits per heavy atom. The third-order valence-electron chi connectivity index (χ3n) is 4.40. The summed E-state index contributed by atoms with van der Waals surface area (Å²) in [7, 11) is 0. The zero-order valence-corrected chi connectivity index (χ0v) is 14.5. The Kier molecular flexibility index (Phi) is 3.76. The summed E-state index contributed by atoms with van der Waals surface area (Å²) in [6.07, 6.45) is 3.41. The normalized spacial score (nSPS) is 16.2. The molecule has 1 aromatic carbocycles. The van der Waals surface area contributed by atoms with E-state index >= 15 is 0 Å². The van der Waals surface area contributed by atoms with E-state index in [4.69, 9.17) is 5.73 Å². The summed E-state index contributed by atoms with van der Waals surface area (Å²) in [5, 5.41) is 7.78. The maximum Gasteiger partial charge on any atom is 0.248 e. The first-order valence-corrected chi connectivity index (χ1v) is 8.25. The van der Waals surface area contributed by atoms with E-state index in [0.717, 1.165) is 16.7 Å². The quantitative estimate of drug-likeness (QED) is 0.759. The monoisotopic (exact) mass is 346 g/mol. The van der Waals surface area contributed by atoms with Crippen molar-refractivity contribution in [2.24, 2.45) is 5.73 Å². The summed E-state index contributed by atoms with van der Waals surface area (Å²) in [4.78, 5) is 20.9. The molecule has 0 radical (unpaired) electrons. The predicted molar refractivity (Wildman–Crippen MR) is 98.1 cm³/mol. The molecule has 7 heteroatoms. The van der Waals surface area contributed by atoms with E-state index in [9.17, 15) is 4.79 Å². The van der Waals surface area contributed by atoms with Gasteiger partial charge in [0.2, 0.25) is 11.9 Å². The lowest BCUT2D eigenvalue weighted by Crippen LogP contribution is -2.31. The van der Waals surface area contributed by atoms with Crippen LogP contribution in [-0.2, 0) is 4.79 Å². The summed E-state index contributed by atoms with van der Waals surface area (Å²) in [5.74, 6) is 0.625. The first-order chi connectivity index (χ1) is 12.5. The topological polar surface area (TPSA) is 98.7 Å². The van der Waals surface area contributed by atoms with E-state index in [1.807, 2.05) is 50.2 Å². The summed E-state index contributed by atoms with van der Waals surface area (Å²) in [6.45, 7) is 3.83. The van der Waals surface area contributed by atoms with E-state index in [2.05, 4.69) is 20.4 Å². The third-order valence-corrected chi connectivity index (χ3v) is 4.40. The number of aryl methyl sites for hydroxylation is 1. The van der Waals surface area contributed by atoms with Crippen molar-refractivity contribution in [3.05, 3.63) is 71.2 Å². The molecule has 3 aromatic rings. The van der Waals surface area contributed by atoms with Gasteiger partial charge in [0, 0.05) is 23.7 Å². The fraction of sp³-hybridized carbons (Fsp3) is 0.158. The lowest BCUT2D eigenvalue weighted by molar-refractivity contribution is -0.115. The van der Waals surface area contributed by atoms with Crippen LogP contribution in [0.5, 0.6) is 0 Å². The minimum atomic E-state index is -0.481. The third kappa shape index (κ3) is 2.63. The van der Waals surface area contributed by atoms with Crippen LogP contribution in [-0.4, -0.2) is 25.7 Å². The number of carbonyl (C=O) groups excluding carboxylic acids is 1. The summed E-state index contributed by atoms with van der Waals surface area (Å²) in [5.41, 5.74) is 9.68. The molecule has 26 heavy (non-hydrogen) atoms. The zero-order valence-electron chi connectivity index (χ0n) is 14.5. The lowest BCUT2D eigenvalue weighted by atomic mass is 9.94. The second kappa shape index (κ2) is 6.11. The van der Waals surface area contributed by atoms with Gasteiger partial charge < -0.3 is 11.1 Å². The fourth-order valence-electron chi connectivity index (χ4n) is 3.24. The van der Waals surface area contributed by atoms with Gasteiger partial charge in [0.1, 0.15) is 6.04 Å². The Morgan fingerprint density at radius 3 is 2.77 bits per heavy atom. The van der Waals surface area contributed by atoms with Crippen LogP contribution in [0.2, 0.25) is 0 Å². The first kappa shape index (κ1) is 16.0. The molecular weight excluding hydrogens is 328 g/mol. The van der Waals surface area contributed by atoms with Crippen LogP contribution >= 0.6 is 0 Å². The standard InChI is InChI=1S/C19H18N6O/c1-11-5-3-6-13(9-11)16-15(17(20)26)12(2)22-19-23-18(24-25(16)19)14-7-4-8-21-10-14/h3-10,16H,1-2H3,(H2,20,26)(H,22,23,24). The Labute approximate surface area is 150 Å². The number of nitrogens with zero attached hydrogens (tertiary/aromatic N) is 4. The van der Waals surface area contributed by atoms with Gasteiger partial charge in [-0.25, -0.2) is 4.68 Å². The Hall–Kier alpha value is -3.48. The largest absolute Gasteiger partial charge is 0.366 e. The van der Waals surface area contributed by atoms with Crippen molar-refractivity contribution in [3.8, 4) is 11.4 Å². The molecule has 130 valence electrons. The molecule has 3 N–H and O–H groups in total. The molecule has 4 rings (SSSR count). The van der Waals surface area contributed by atoms with Gasteiger partial charge >= 0.3 is 0 Å². The van der Waals surface area contributed by atoms with Crippen molar-refractivity contribution in [1.29, 1.82) is 0 Å². The molecule has 1 unspecified atom stereocenters. The van der Waals surface area contributed by atoms with Gasteiger partial charge in [-0.2, -0.15) is 4.98 Å². The predicted octanol–water partition coefficient (Wildman–Crippen LogP) is 2.42. The van der Waals surface area contributed by atoms with Gasteiger partial charge in [0.25, 0.3) is 0 Å². The summed E-state index contributed by atoms with van der Waals surface area (Å²) >= 11 is 0. The minimum Gasteiger partial charge on any atom is -0.366 e. The number of allylic oxidation sites excluding steroid dienone is 1. The molecule has 0 aliphatic carbocycles. The molecule has 1 amide bonds. The molecule has 3 heterocycles. The second-order valence-corrected chi connectivity index (χ2v) is 6.29. The fourth-order valence-corrected chi connectivity index (χ4v) is 3.24. The Bertz CT molecular complexity index is 1020. The minimum absolute atomic E-state index is 0.429. The highest BCUT2D eigenvalue weighted by Crippen LogP contribution is 2.36. The van der Waals surface area contributed by atoms with Crippen LogP contribution in [0.4, 0.5) is 5.95 Å².